The van der Waals surface area contributed by atoms with Gasteiger partial charge in [0.1, 0.15) is 5.75 Å². The lowest BCUT2D eigenvalue weighted by molar-refractivity contribution is 0.248. The molecule has 0 heterocycles. The van der Waals surface area contributed by atoms with Gasteiger partial charge in [0, 0.05) is 19.6 Å². The number of aliphatic hydroxyl groups excluding tert-OH is 1. The first kappa shape index (κ1) is 16.8. The van der Waals surface area contributed by atoms with Crippen LogP contribution < -0.4 is 15.4 Å². The molecule has 0 spiro atoms. The minimum atomic E-state index is -0.308. The van der Waals surface area contributed by atoms with Crippen LogP contribution in [0.15, 0.2) is 54.6 Å². The van der Waals surface area contributed by atoms with E-state index in [0.29, 0.717) is 31.0 Å². The number of hydrogen-bond acceptors (Lipinski definition) is 3. The van der Waals surface area contributed by atoms with Crippen LogP contribution >= 0.6 is 0 Å². The summed E-state index contributed by atoms with van der Waals surface area (Å²) in [7, 11) is 0. The molecule has 2 rings (SSSR count). The van der Waals surface area contributed by atoms with Crippen molar-refractivity contribution in [3.05, 3.63) is 60.2 Å². The summed E-state index contributed by atoms with van der Waals surface area (Å²) in [6.07, 6.45) is 1.33. The van der Waals surface area contributed by atoms with E-state index in [4.69, 9.17) is 9.84 Å². The molecule has 0 aliphatic carbocycles. The number of para-hydroxylation sites is 2. The fraction of sp³-hybridized carbons (Fsp3) is 0.278. The van der Waals surface area contributed by atoms with Gasteiger partial charge in [-0.3, -0.25) is 0 Å². The van der Waals surface area contributed by atoms with E-state index in [9.17, 15) is 4.79 Å². The van der Waals surface area contributed by atoms with Gasteiger partial charge in [0.25, 0.3) is 0 Å². The molecule has 122 valence electrons. The Kier molecular flexibility index (Phi) is 6.94. The van der Waals surface area contributed by atoms with Crippen LogP contribution in [0.4, 0.5) is 10.5 Å². The second-order valence-electron chi connectivity index (χ2n) is 5.04. The number of carbonyl (C=O) groups excluding carboxylic acids is 1. The van der Waals surface area contributed by atoms with Gasteiger partial charge in [0.05, 0.1) is 12.3 Å². The molecule has 0 aliphatic rings. The molecule has 3 N–H and O–H groups in total. The number of hydrogen-bond donors (Lipinski definition) is 3. The van der Waals surface area contributed by atoms with Gasteiger partial charge < -0.3 is 20.5 Å². The predicted molar refractivity (Wildman–Crippen MR) is 90.8 cm³/mol. The Balaban J connectivity index is 1.85. The highest BCUT2D eigenvalue weighted by Crippen LogP contribution is 2.23. The summed E-state index contributed by atoms with van der Waals surface area (Å²) < 4.78 is 5.79. The fourth-order valence-electron chi connectivity index (χ4n) is 2.07. The highest BCUT2D eigenvalue weighted by atomic mass is 16.5. The Bertz CT molecular complexity index is 602. The fourth-order valence-corrected chi connectivity index (χ4v) is 2.07. The highest BCUT2D eigenvalue weighted by molar-refractivity contribution is 5.90. The molecular formula is C18H22N2O3. The van der Waals surface area contributed by atoms with Gasteiger partial charge in [0.2, 0.25) is 0 Å². The molecule has 0 fully saturated rings. The molecule has 2 aromatic carbocycles. The largest absolute Gasteiger partial charge is 0.491 e. The summed E-state index contributed by atoms with van der Waals surface area (Å²) in [5.41, 5.74) is 1.83. The first-order valence-electron chi connectivity index (χ1n) is 7.71. The van der Waals surface area contributed by atoms with Crippen LogP contribution in [0.1, 0.15) is 12.0 Å². The molecule has 2 amide bonds. The van der Waals surface area contributed by atoms with Crippen molar-refractivity contribution in [1.82, 2.24) is 5.32 Å². The molecule has 2 aromatic rings. The maximum Gasteiger partial charge on any atom is 0.319 e. The minimum Gasteiger partial charge on any atom is -0.491 e. The number of benzene rings is 2. The van der Waals surface area contributed by atoms with Crippen LogP contribution in [-0.2, 0) is 6.42 Å². The first-order chi connectivity index (χ1) is 11.3. The van der Waals surface area contributed by atoms with Crippen LogP contribution in [0.5, 0.6) is 5.75 Å². The smallest absolute Gasteiger partial charge is 0.319 e. The van der Waals surface area contributed by atoms with E-state index in [1.807, 2.05) is 36.4 Å². The molecular weight excluding hydrogens is 292 g/mol. The van der Waals surface area contributed by atoms with Crippen LogP contribution in [0, 0.1) is 0 Å². The van der Waals surface area contributed by atoms with Crippen LogP contribution in [0.3, 0.4) is 0 Å². The molecule has 23 heavy (non-hydrogen) atoms. The third-order valence-corrected chi connectivity index (χ3v) is 3.25. The zero-order valence-electron chi connectivity index (χ0n) is 13.0. The van der Waals surface area contributed by atoms with Crippen LogP contribution in [0.25, 0.3) is 0 Å². The van der Waals surface area contributed by atoms with Crippen molar-refractivity contribution < 1.29 is 14.6 Å². The maximum absolute atomic E-state index is 11.8. The molecule has 0 saturated carbocycles. The van der Waals surface area contributed by atoms with E-state index in [0.717, 1.165) is 6.42 Å². The minimum absolute atomic E-state index is 0.0550. The van der Waals surface area contributed by atoms with Crippen molar-refractivity contribution in [1.29, 1.82) is 0 Å². The van der Waals surface area contributed by atoms with Crippen LogP contribution in [-0.4, -0.2) is 30.9 Å². The van der Waals surface area contributed by atoms with E-state index < -0.39 is 0 Å². The molecule has 0 unspecified atom stereocenters. The predicted octanol–water partition coefficient (Wildman–Crippen LogP) is 2.81. The maximum atomic E-state index is 11.8. The standard InChI is InChI=1S/C18H22N2O3/c21-13-6-12-19-18(22)20-16-9-4-5-10-17(16)23-14-11-15-7-2-1-3-8-15/h1-5,7-10,21H,6,11-14H2,(H2,19,20,22). The SMILES string of the molecule is O=C(NCCCO)Nc1ccccc1OCCc1ccccc1. The number of aliphatic hydroxyl groups is 1. The first-order valence-corrected chi connectivity index (χ1v) is 7.71. The third-order valence-electron chi connectivity index (χ3n) is 3.25. The summed E-state index contributed by atoms with van der Waals surface area (Å²) in [6.45, 7) is 1.02. The van der Waals surface area contributed by atoms with E-state index in [2.05, 4.69) is 22.8 Å². The second kappa shape index (κ2) is 9.48. The quantitative estimate of drug-likeness (QED) is 0.656. The van der Waals surface area contributed by atoms with Crippen molar-refractivity contribution in [2.45, 2.75) is 12.8 Å². The lowest BCUT2D eigenvalue weighted by atomic mass is 10.2. The normalized spacial score (nSPS) is 10.1. The van der Waals surface area contributed by atoms with Crippen molar-refractivity contribution in [2.75, 3.05) is 25.1 Å². The number of ether oxygens (including phenoxy) is 1. The summed E-state index contributed by atoms with van der Waals surface area (Å²) in [4.78, 5) is 11.8. The highest BCUT2D eigenvalue weighted by Gasteiger charge is 2.07. The molecule has 0 bridgehead atoms. The number of amides is 2. The third kappa shape index (κ3) is 6.00. The van der Waals surface area contributed by atoms with E-state index in [-0.39, 0.29) is 12.6 Å². The zero-order chi connectivity index (χ0) is 16.3. The second-order valence-corrected chi connectivity index (χ2v) is 5.04. The molecule has 0 atom stereocenters. The van der Waals surface area contributed by atoms with Gasteiger partial charge in [-0.2, -0.15) is 0 Å². The van der Waals surface area contributed by atoms with Crippen molar-refractivity contribution >= 4 is 11.7 Å². The summed E-state index contributed by atoms with van der Waals surface area (Å²) in [5.74, 6) is 0.640. The molecule has 0 aliphatic heterocycles. The van der Waals surface area contributed by atoms with Gasteiger partial charge in [-0.05, 0) is 24.1 Å². The summed E-state index contributed by atoms with van der Waals surface area (Å²) in [6, 6.07) is 17.1. The van der Waals surface area contributed by atoms with E-state index in [1.54, 1.807) is 6.07 Å². The average Bonchev–Trinajstić information content (AvgIpc) is 2.58. The molecule has 0 radical (unpaired) electrons. The lowest BCUT2D eigenvalue weighted by Crippen LogP contribution is -2.30. The van der Waals surface area contributed by atoms with Gasteiger partial charge in [-0.15, -0.1) is 0 Å². The lowest BCUT2D eigenvalue weighted by Gasteiger charge is -2.13. The monoisotopic (exact) mass is 314 g/mol. The van der Waals surface area contributed by atoms with Crippen molar-refractivity contribution in [2.24, 2.45) is 0 Å². The molecule has 5 nitrogen and oxygen atoms in total. The Morgan fingerprint density at radius 1 is 1.04 bits per heavy atom. The van der Waals surface area contributed by atoms with Gasteiger partial charge >= 0.3 is 6.03 Å². The summed E-state index contributed by atoms with van der Waals surface area (Å²) in [5, 5.41) is 14.1. The zero-order valence-corrected chi connectivity index (χ0v) is 13.0. The van der Waals surface area contributed by atoms with Gasteiger partial charge in [0.15, 0.2) is 0 Å². The number of nitrogens with one attached hydrogen (secondary N) is 2. The van der Waals surface area contributed by atoms with Crippen molar-refractivity contribution in [3.63, 3.8) is 0 Å². The number of carbonyl (C=O) groups is 1. The van der Waals surface area contributed by atoms with E-state index >= 15 is 0 Å². The molecule has 0 aromatic heterocycles. The Morgan fingerprint density at radius 2 is 1.78 bits per heavy atom. The number of anilines is 1. The summed E-state index contributed by atoms with van der Waals surface area (Å²) >= 11 is 0. The van der Waals surface area contributed by atoms with Gasteiger partial charge in [-0.25, -0.2) is 4.79 Å². The molecule has 0 saturated heterocycles. The number of urea groups is 1. The van der Waals surface area contributed by atoms with Crippen LogP contribution in [0.2, 0.25) is 0 Å². The molecule has 5 heteroatoms. The Morgan fingerprint density at radius 3 is 2.57 bits per heavy atom. The van der Waals surface area contributed by atoms with Crippen molar-refractivity contribution in [3.8, 4) is 5.75 Å². The van der Waals surface area contributed by atoms with E-state index in [1.165, 1.54) is 5.56 Å². The Labute approximate surface area is 136 Å². The van der Waals surface area contributed by atoms with Gasteiger partial charge in [-0.1, -0.05) is 42.5 Å². The number of rotatable bonds is 8. The average molecular weight is 314 g/mol. The topological polar surface area (TPSA) is 70.6 Å². The Hall–Kier alpha value is -2.53.